The molecule has 30 heavy (non-hydrogen) atoms. The van der Waals surface area contributed by atoms with Crippen molar-refractivity contribution in [3.8, 4) is 0 Å². The van der Waals surface area contributed by atoms with Crippen LogP contribution in [0, 0.1) is 17.0 Å². The number of nitro groups is 1. The largest absolute Gasteiger partial charge is 0.369 e. The molecule has 11 nitrogen and oxygen atoms in total. The SMILES string of the molecule is Cc1ccnc(Nc2cc(NCCNS(=O)(=O)c3ccc([N+](=O)[O-])cc3)ncn2)c1. The Morgan fingerprint density at radius 1 is 0.967 bits per heavy atom. The number of aromatic nitrogens is 3. The van der Waals surface area contributed by atoms with E-state index < -0.39 is 14.9 Å². The van der Waals surface area contributed by atoms with Gasteiger partial charge < -0.3 is 10.6 Å². The number of hydrogen-bond acceptors (Lipinski definition) is 9. The average molecular weight is 429 g/mol. The van der Waals surface area contributed by atoms with Gasteiger partial charge in [-0.15, -0.1) is 0 Å². The third kappa shape index (κ3) is 5.68. The number of benzene rings is 1. The van der Waals surface area contributed by atoms with Gasteiger partial charge in [0.1, 0.15) is 23.8 Å². The topological polar surface area (TPSA) is 152 Å². The quantitative estimate of drug-likeness (QED) is 0.264. The van der Waals surface area contributed by atoms with Crippen LogP contribution < -0.4 is 15.4 Å². The van der Waals surface area contributed by atoms with Crippen molar-refractivity contribution in [1.29, 1.82) is 0 Å². The molecule has 156 valence electrons. The van der Waals surface area contributed by atoms with Gasteiger partial charge in [-0.25, -0.2) is 28.1 Å². The summed E-state index contributed by atoms with van der Waals surface area (Å²) in [6, 6.07) is 10.1. The summed E-state index contributed by atoms with van der Waals surface area (Å²) >= 11 is 0. The smallest absolute Gasteiger partial charge is 0.269 e. The van der Waals surface area contributed by atoms with Gasteiger partial charge in [-0.05, 0) is 36.8 Å². The molecule has 0 spiro atoms. The van der Waals surface area contributed by atoms with E-state index >= 15 is 0 Å². The molecule has 0 unspecified atom stereocenters. The van der Waals surface area contributed by atoms with E-state index in [2.05, 4.69) is 30.3 Å². The first-order valence-corrected chi connectivity index (χ1v) is 10.3. The van der Waals surface area contributed by atoms with Crippen LogP contribution in [0.4, 0.5) is 23.1 Å². The summed E-state index contributed by atoms with van der Waals surface area (Å²) in [6.07, 6.45) is 3.07. The molecule has 3 N–H and O–H groups in total. The Labute approximate surface area is 172 Å². The van der Waals surface area contributed by atoms with E-state index in [4.69, 9.17) is 0 Å². The van der Waals surface area contributed by atoms with E-state index in [1.807, 2.05) is 19.1 Å². The van der Waals surface area contributed by atoms with Crippen LogP contribution in [0.15, 0.2) is 59.9 Å². The highest BCUT2D eigenvalue weighted by Crippen LogP contribution is 2.16. The van der Waals surface area contributed by atoms with Crippen LogP contribution in [-0.2, 0) is 10.0 Å². The van der Waals surface area contributed by atoms with E-state index in [0.29, 0.717) is 17.5 Å². The van der Waals surface area contributed by atoms with Crippen molar-refractivity contribution >= 4 is 33.2 Å². The second-order valence-corrected chi connectivity index (χ2v) is 7.97. The lowest BCUT2D eigenvalue weighted by Crippen LogP contribution is -2.29. The molecule has 0 amide bonds. The second kappa shape index (κ2) is 9.24. The number of nitro benzene ring substituents is 1. The minimum absolute atomic E-state index is 0.0488. The van der Waals surface area contributed by atoms with E-state index in [1.165, 1.54) is 18.5 Å². The monoisotopic (exact) mass is 429 g/mol. The van der Waals surface area contributed by atoms with Crippen molar-refractivity contribution in [3.63, 3.8) is 0 Å². The van der Waals surface area contributed by atoms with E-state index in [1.54, 1.807) is 12.3 Å². The van der Waals surface area contributed by atoms with Crippen LogP contribution in [0.2, 0.25) is 0 Å². The predicted molar refractivity (Wildman–Crippen MR) is 111 cm³/mol. The molecular formula is C18H19N7O4S. The summed E-state index contributed by atoms with van der Waals surface area (Å²) < 4.78 is 26.9. The molecule has 2 aromatic heterocycles. The van der Waals surface area contributed by atoms with Crippen molar-refractivity contribution in [1.82, 2.24) is 19.7 Å². The minimum atomic E-state index is -3.78. The third-order valence-corrected chi connectivity index (χ3v) is 5.40. The van der Waals surface area contributed by atoms with Gasteiger partial charge >= 0.3 is 0 Å². The van der Waals surface area contributed by atoms with Crippen molar-refractivity contribution < 1.29 is 13.3 Å². The molecule has 0 saturated heterocycles. The Morgan fingerprint density at radius 2 is 1.67 bits per heavy atom. The van der Waals surface area contributed by atoms with E-state index in [-0.39, 0.29) is 23.7 Å². The molecule has 1 aromatic carbocycles. The predicted octanol–water partition coefficient (Wildman–Crippen LogP) is 2.22. The molecule has 0 radical (unpaired) electrons. The Kier molecular flexibility index (Phi) is 6.49. The number of rotatable bonds is 9. The maximum Gasteiger partial charge on any atom is 0.269 e. The Bertz CT molecular complexity index is 1140. The Balaban J connectivity index is 1.53. The van der Waals surface area contributed by atoms with Crippen LogP contribution >= 0.6 is 0 Å². The fourth-order valence-corrected chi connectivity index (χ4v) is 3.50. The first-order valence-electron chi connectivity index (χ1n) is 8.83. The lowest BCUT2D eigenvalue weighted by molar-refractivity contribution is -0.384. The zero-order valence-electron chi connectivity index (χ0n) is 15.9. The second-order valence-electron chi connectivity index (χ2n) is 6.21. The molecule has 0 aliphatic rings. The van der Waals surface area contributed by atoms with E-state index in [0.717, 1.165) is 17.7 Å². The molecule has 2 heterocycles. The van der Waals surface area contributed by atoms with Gasteiger partial charge in [0.05, 0.1) is 9.82 Å². The number of sulfonamides is 1. The highest BCUT2D eigenvalue weighted by molar-refractivity contribution is 7.89. The minimum Gasteiger partial charge on any atom is -0.369 e. The van der Waals surface area contributed by atoms with Gasteiger partial charge in [0.25, 0.3) is 5.69 Å². The van der Waals surface area contributed by atoms with Crippen LogP contribution in [0.5, 0.6) is 0 Å². The summed E-state index contributed by atoms with van der Waals surface area (Å²) in [4.78, 5) is 22.5. The van der Waals surface area contributed by atoms with Gasteiger partial charge in [-0.2, -0.15) is 0 Å². The van der Waals surface area contributed by atoms with Crippen LogP contribution in [-0.4, -0.2) is 41.4 Å². The molecule has 0 saturated carbocycles. The van der Waals surface area contributed by atoms with Gasteiger partial charge in [-0.1, -0.05) is 0 Å². The van der Waals surface area contributed by atoms with Crippen molar-refractivity contribution in [2.75, 3.05) is 23.7 Å². The van der Waals surface area contributed by atoms with Crippen molar-refractivity contribution in [3.05, 3.63) is 70.7 Å². The fourth-order valence-electron chi connectivity index (χ4n) is 2.46. The van der Waals surface area contributed by atoms with Crippen molar-refractivity contribution in [2.45, 2.75) is 11.8 Å². The van der Waals surface area contributed by atoms with Gasteiger partial charge in [0, 0.05) is 37.5 Å². The molecule has 0 aliphatic carbocycles. The van der Waals surface area contributed by atoms with Crippen LogP contribution in [0.1, 0.15) is 5.56 Å². The molecule has 0 fully saturated rings. The molecule has 0 aliphatic heterocycles. The highest BCUT2D eigenvalue weighted by Gasteiger charge is 2.15. The van der Waals surface area contributed by atoms with Gasteiger partial charge in [0.2, 0.25) is 10.0 Å². The lowest BCUT2D eigenvalue weighted by Gasteiger charge is -2.10. The first kappa shape index (κ1) is 21.1. The maximum absolute atomic E-state index is 12.3. The zero-order chi connectivity index (χ0) is 21.6. The molecule has 0 atom stereocenters. The molecule has 3 rings (SSSR count). The van der Waals surface area contributed by atoms with Crippen molar-refractivity contribution in [2.24, 2.45) is 0 Å². The van der Waals surface area contributed by atoms with Gasteiger partial charge in [-0.3, -0.25) is 10.1 Å². The Morgan fingerprint density at radius 3 is 2.37 bits per heavy atom. The standard InChI is InChI=1S/C18H19N7O4S/c1-13-6-7-19-17(10-13)24-18-11-16(21-12-22-18)20-8-9-23-30(28,29)15-4-2-14(3-5-15)25(26)27/h2-7,10-12,23H,8-9H2,1H3,(H2,19,20,21,22,24). The maximum atomic E-state index is 12.3. The van der Waals surface area contributed by atoms with Crippen LogP contribution in [0.3, 0.4) is 0 Å². The number of hydrogen-bond donors (Lipinski definition) is 3. The van der Waals surface area contributed by atoms with Crippen LogP contribution in [0.25, 0.3) is 0 Å². The zero-order valence-corrected chi connectivity index (χ0v) is 16.8. The number of non-ortho nitro benzene ring substituents is 1. The number of pyridine rings is 1. The number of aryl methyl sites for hydroxylation is 1. The molecule has 12 heteroatoms. The molecule has 0 bridgehead atoms. The summed E-state index contributed by atoms with van der Waals surface area (Å²) in [7, 11) is -3.78. The first-order chi connectivity index (χ1) is 14.3. The van der Waals surface area contributed by atoms with E-state index in [9.17, 15) is 18.5 Å². The number of nitrogens with zero attached hydrogens (tertiary/aromatic N) is 4. The molecule has 3 aromatic rings. The fraction of sp³-hybridized carbons (Fsp3) is 0.167. The number of nitrogens with one attached hydrogen (secondary N) is 3. The number of anilines is 3. The summed E-state index contributed by atoms with van der Waals surface area (Å²) in [5.74, 6) is 1.70. The molecular weight excluding hydrogens is 410 g/mol. The summed E-state index contributed by atoms with van der Waals surface area (Å²) in [6.45, 7) is 2.31. The highest BCUT2D eigenvalue weighted by atomic mass is 32.2. The summed E-state index contributed by atoms with van der Waals surface area (Å²) in [5, 5.41) is 16.7. The summed E-state index contributed by atoms with van der Waals surface area (Å²) in [5.41, 5.74) is 0.880. The average Bonchev–Trinajstić information content (AvgIpc) is 2.72. The third-order valence-electron chi connectivity index (χ3n) is 3.92. The van der Waals surface area contributed by atoms with Gasteiger partial charge in [0.15, 0.2) is 0 Å². The lowest BCUT2D eigenvalue weighted by atomic mass is 10.3. The normalized spacial score (nSPS) is 11.1. The Hall–Kier alpha value is -3.64.